The van der Waals surface area contributed by atoms with E-state index in [2.05, 4.69) is 10.2 Å². The van der Waals surface area contributed by atoms with Gasteiger partial charge in [0.2, 0.25) is 0 Å². The Morgan fingerprint density at radius 2 is 1.54 bits per heavy atom. The van der Waals surface area contributed by atoms with Gasteiger partial charge in [0.25, 0.3) is 5.91 Å². The van der Waals surface area contributed by atoms with E-state index in [1.54, 1.807) is 18.2 Å². The Kier molecular flexibility index (Phi) is 7.93. The Bertz CT molecular complexity index is 1310. The van der Waals surface area contributed by atoms with Gasteiger partial charge in [-0.25, -0.2) is 14.8 Å². The van der Waals surface area contributed by atoms with Crippen molar-refractivity contribution in [1.29, 1.82) is 0 Å². The molecule has 1 aliphatic heterocycles. The molecule has 1 aliphatic carbocycles. The fourth-order valence-electron chi connectivity index (χ4n) is 3.69. The van der Waals surface area contributed by atoms with Gasteiger partial charge in [0.1, 0.15) is 0 Å². The maximum Gasteiger partial charge on any atom is 0.490 e. The number of carboxylic acid groups (broad SMARTS) is 1. The van der Waals surface area contributed by atoms with E-state index in [-0.39, 0.29) is 5.91 Å². The molecule has 0 spiro atoms. The number of amides is 1. The summed E-state index contributed by atoms with van der Waals surface area (Å²) < 4.78 is 31.7. The molecule has 2 aromatic carbocycles. The third-order valence-electron chi connectivity index (χ3n) is 5.76. The van der Waals surface area contributed by atoms with E-state index in [1.165, 1.54) is 0 Å². The Morgan fingerprint density at radius 3 is 2.11 bits per heavy atom. The van der Waals surface area contributed by atoms with Crippen molar-refractivity contribution in [2.45, 2.75) is 25.1 Å². The normalized spacial score (nSPS) is 15.7. The van der Waals surface area contributed by atoms with Crippen molar-refractivity contribution in [2.24, 2.45) is 0 Å². The van der Waals surface area contributed by atoms with Crippen LogP contribution in [-0.4, -0.2) is 70.2 Å². The first kappa shape index (κ1) is 26.7. The van der Waals surface area contributed by atoms with Crippen LogP contribution in [0.5, 0.6) is 0 Å². The number of anilines is 2. The maximum absolute atomic E-state index is 12.9. The SMILES string of the molecule is O=C(O)C(F)(F)F.O=C(c1cccc(Cl)c1Cl)N1CCN(c2nc3ccccc3nc2NC2CC2)CC1. The highest BCUT2D eigenvalue weighted by molar-refractivity contribution is 6.43. The Morgan fingerprint density at radius 1 is 0.946 bits per heavy atom. The van der Waals surface area contributed by atoms with Crippen LogP contribution in [-0.2, 0) is 4.79 Å². The van der Waals surface area contributed by atoms with Crippen LogP contribution in [0, 0.1) is 0 Å². The lowest BCUT2D eigenvalue weighted by Crippen LogP contribution is -2.49. The van der Waals surface area contributed by atoms with Gasteiger partial charge in [0.05, 0.1) is 26.6 Å². The number of nitrogens with one attached hydrogen (secondary N) is 1. The Hall–Kier alpha value is -3.31. The Labute approximate surface area is 220 Å². The van der Waals surface area contributed by atoms with Crippen molar-refractivity contribution in [3.05, 3.63) is 58.1 Å². The average molecular weight is 556 g/mol. The van der Waals surface area contributed by atoms with E-state index >= 15 is 0 Å². The van der Waals surface area contributed by atoms with Gasteiger partial charge in [-0.15, -0.1) is 0 Å². The number of aliphatic carboxylic acids is 1. The number of nitrogens with zero attached hydrogens (tertiary/aromatic N) is 4. The molecule has 13 heteroatoms. The summed E-state index contributed by atoms with van der Waals surface area (Å²) in [7, 11) is 0. The van der Waals surface area contributed by atoms with Crippen LogP contribution in [0.25, 0.3) is 11.0 Å². The van der Waals surface area contributed by atoms with Crippen LogP contribution in [0.15, 0.2) is 42.5 Å². The van der Waals surface area contributed by atoms with E-state index in [4.69, 9.17) is 43.1 Å². The number of hydrogen-bond acceptors (Lipinski definition) is 6. The van der Waals surface area contributed by atoms with Crippen LogP contribution in [0.2, 0.25) is 10.0 Å². The van der Waals surface area contributed by atoms with E-state index in [0.717, 1.165) is 35.5 Å². The predicted octanol–water partition coefficient (Wildman–Crippen LogP) is 5.11. The number of alkyl halides is 3. The zero-order valence-electron chi connectivity index (χ0n) is 19.3. The van der Waals surface area contributed by atoms with E-state index in [0.29, 0.717) is 47.8 Å². The van der Waals surface area contributed by atoms with Crippen molar-refractivity contribution in [1.82, 2.24) is 14.9 Å². The summed E-state index contributed by atoms with van der Waals surface area (Å²) in [5.41, 5.74) is 2.20. The lowest BCUT2D eigenvalue weighted by atomic mass is 10.1. The quantitative estimate of drug-likeness (QED) is 0.461. The molecule has 2 N–H and O–H groups in total. The molecular weight excluding hydrogens is 534 g/mol. The second-order valence-electron chi connectivity index (χ2n) is 8.49. The van der Waals surface area contributed by atoms with Crippen molar-refractivity contribution in [3.8, 4) is 0 Å². The average Bonchev–Trinajstić information content (AvgIpc) is 3.69. The minimum atomic E-state index is -5.08. The zero-order chi connectivity index (χ0) is 26.7. The molecule has 8 nitrogen and oxygen atoms in total. The Balaban J connectivity index is 0.000000405. The fraction of sp³-hybridized carbons (Fsp3) is 0.333. The highest BCUT2D eigenvalue weighted by atomic mass is 35.5. The molecule has 1 aromatic heterocycles. The third-order valence-corrected chi connectivity index (χ3v) is 6.58. The predicted molar refractivity (Wildman–Crippen MR) is 134 cm³/mol. The minimum absolute atomic E-state index is 0.0944. The van der Waals surface area contributed by atoms with Crippen molar-refractivity contribution >= 4 is 57.7 Å². The molecule has 2 fully saturated rings. The number of carbonyl (C=O) groups is 2. The van der Waals surface area contributed by atoms with Crippen LogP contribution < -0.4 is 10.2 Å². The topological polar surface area (TPSA) is 98.7 Å². The number of carboxylic acids is 1. The number of fused-ring (bicyclic) bond motifs is 1. The van der Waals surface area contributed by atoms with Crippen molar-refractivity contribution in [3.63, 3.8) is 0 Å². The number of rotatable bonds is 4. The van der Waals surface area contributed by atoms with Gasteiger partial charge < -0.3 is 20.2 Å². The van der Waals surface area contributed by atoms with E-state index < -0.39 is 12.1 Å². The van der Waals surface area contributed by atoms with Gasteiger partial charge in [0, 0.05) is 32.2 Å². The number of benzene rings is 2. The number of hydrogen-bond donors (Lipinski definition) is 2. The smallest absolute Gasteiger partial charge is 0.475 e. The lowest BCUT2D eigenvalue weighted by Gasteiger charge is -2.36. The van der Waals surface area contributed by atoms with Crippen LogP contribution >= 0.6 is 23.2 Å². The molecule has 37 heavy (non-hydrogen) atoms. The molecular formula is C24H22Cl2F3N5O3. The summed E-state index contributed by atoms with van der Waals surface area (Å²) in [5.74, 6) is -1.17. The van der Waals surface area contributed by atoms with Gasteiger partial charge in [-0.1, -0.05) is 41.4 Å². The number of para-hydroxylation sites is 2. The molecule has 0 radical (unpaired) electrons. The summed E-state index contributed by atoms with van der Waals surface area (Å²) >= 11 is 12.3. The highest BCUT2D eigenvalue weighted by Gasteiger charge is 2.38. The first-order valence-electron chi connectivity index (χ1n) is 11.4. The molecule has 0 atom stereocenters. The summed E-state index contributed by atoms with van der Waals surface area (Å²) in [6.07, 6.45) is -2.76. The molecule has 196 valence electrons. The van der Waals surface area contributed by atoms with Crippen molar-refractivity contribution in [2.75, 3.05) is 36.4 Å². The number of carbonyl (C=O) groups excluding carboxylic acids is 1. The molecule has 0 unspecified atom stereocenters. The van der Waals surface area contributed by atoms with Gasteiger partial charge in [-0.3, -0.25) is 4.79 Å². The molecule has 3 aromatic rings. The molecule has 2 aliphatic rings. The number of aromatic nitrogens is 2. The summed E-state index contributed by atoms with van der Waals surface area (Å²) in [6.45, 7) is 2.52. The molecule has 1 saturated carbocycles. The zero-order valence-corrected chi connectivity index (χ0v) is 20.8. The molecule has 0 bridgehead atoms. The maximum atomic E-state index is 12.9. The first-order valence-corrected chi connectivity index (χ1v) is 12.1. The van der Waals surface area contributed by atoms with Gasteiger partial charge in [-0.05, 0) is 37.1 Å². The molecule has 1 amide bonds. The van der Waals surface area contributed by atoms with E-state index in [9.17, 15) is 18.0 Å². The lowest BCUT2D eigenvalue weighted by molar-refractivity contribution is -0.192. The van der Waals surface area contributed by atoms with Crippen molar-refractivity contribution < 1.29 is 27.9 Å². The van der Waals surface area contributed by atoms with Gasteiger partial charge in [0.15, 0.2) is 11.6 Å². The summed E-state index contributed by atoms with van der Waals surface area (Å²) in [5, 5.41) is 11.3. The largest absolute Gasteiger partial charge is 0.490 e. The van der Waals surface area contributed by atoms with Gasteiger partial charge >= 0.3 is 12.1 Å². The second-order valence-corrected chi connectivity index (χ2v) is 9.27. The molecule has 1 saturated heterocycles. The summed E-state index contributed by atoms with van der Waals surface area (Å²) in [4.78, 5) is 35.6. The minimum Gasteiger partial charge on any atom is -0.475 e. The standard InChI is InChI=1S/C22H21Cl2N5O.C2HF3O2/c23-16-5-3-4-15(19(16)24)22(30)29-12-10-28(11-13-29)21-20(25-14-8-9-14)26-17-6-1-2-7-18(17)27-21;3-2(4,5)1(6)7/h1-7,14H,8-13H2,(H,25,26);(H,6,7). The fourth-order valence-corrected chi connectivity index (χ4v) is 4.07. The number of piperazine rings is 1. The second kappa shape index (κ2) is 11.0. The molecule has 2 heterocycles. The summed E-state index contributed by atoms with van der Waals surface area (Å²) in [6, 6.07) is 13.5. The first-order chi connectivity index (χ1) is 17.5. The highest BCUT2D eigenvalue weighted by Crippen LogP contribution is 2.32. The van der Waals surface area contributed by atoms with Crippen LogP contribution in [0.3, 0.4) is 0 Å². The van der Waals surface area contributed by atoms with E-state index in [1.807, 2.05) is 29.2 Å². The monoisotopic (exact) mass is 555 g/mol. The van der Waals surface area contributed by atoms with Crippen LogP contribution in [0.1, 0.15) is 23.2 Å². The van der Waals surface area contributed by atoms with Crippen LogP contribution in [0.4, 0.5) is 24.8 Å². The van der Waals surface area contributed by atoms with Gasteiger partial charge in [-0.2, -0.15) is 13.2 Å². The molecule has 5 rings (SSSR count). The number of halogens is 5. The third kappa shape index (κ3) is 6.53.